The fraction of sp³-hybridized carbons (Fsp3) is 0.433. The summed E-state index contributed by atoms with van der Waals surface area (Å²) in [6.45, 7) is 10.8. The minimum absolute atomic E-state index is 0.0776. The van der Waals surface area contributed by atoms with Crippen molar-refractivity contribution in [3.05, 3.63) is 46.1 Å². The largest absolute Gasteiger partial charge is 0.495 e. The monoisotopic (exact) mass is 598 g/mol. The Balaban J connectivity index is 1.60. The maximum Gasteiger partial charge on any atom is 0.223 e. The number of halogens is 2. The number of aromatic nitrogens is 1. The van der Waals surface area contributed by atoms with Gasteiger partial charge in [0.1, 0.15) is 17.6 Å². The molecule has 2 aromatic carbocycles. The first-order valence-corrected chi connectivity index (χ1v) is 14.5. The van der Waals surface area contributed by atoms with Crippen LogP contribution in [0.25, 0.3) is 10.9 Å². The van der Waals surface area contributed by atoms with E-state index in [-0.39, 0.29) is 5.91 Å². The highest BCUT2D eigenvalue weighted by Crippen LogP contribution is 2.40. The molecule has 218 valence electrons. The van der Waals surface area contributed by atoms with E-state index in [1.807, 2.05) is 6.07 Å². The van der Waals surface area contributed by atoms with Crippen LogP contribution in [0, 0.1) is 11.3 Å². The van der Waals surface area contributed by atoms with Crippen LogP contribution in [0.3, 0.4) is 0 Å². The third kappa shape index (κ3) is 7.14. The number of anilines is 3. The van der Waals surface area contributed by atoms with Crippen LogP contribution in [0.15, 0.2) is 30.5 Å². The van der Waals surface area contributed by atoms with Crippen LogP contribution in [-0.4, -0.2) is 80.7 Å². The number of hydrogen-bond donors (Lipinski definition) is 1. The predicted molar refractivity (Wildman–Crippen MR) is 165 cm³/mol. The number of carbonyl (C=O) groups is 1. The Kier molecular flexibility index (Phi) is 10.5. The number of carbonyl (C=O) groups excluding carboxylic acids is 1. The number of piperazine rings is 1. The second kappa shape index (κ2) is 14.1. The lowest BCUT2D eigenvalue weighted by molar-refractivity contribution is -0.116. The van der Waals surface area contributed by atoms with Gasteiger partial charge in [0.2, 0.25) is 5.91 Å². The number of ether oxygens (including phenoxy) is 2. The molecule has 0 aliphatic carbocycles. The number of amides is 1. The molecular weight excluding hydrogens is 563 g/mol. The van der Waals surface area contributed by atoms with E-state index in [2.05, 4.69) is 33.1 Å². The Labute approximate surface area is 251 Å². The molecule has 1 aliphatic rings. The van der Waals surface area contributed by atoms with Crippen molar-refractivity contribution in [1.82, 2.24) is 14.8 Å². The summed E-state index contributed by atoms with van der Waals surface area (Å²) in [5.74, 6) is 0.866. The molecule has 3 aromatic rings. The number of nitriles is 1. The molecule has 0 saturated carbocycles. The molecule has 4 rings (SSSR count). The molecule has 0 spiro atoms. The number of unbranched alkanes of at least 4 members (excludes halogenated alkanes) is 1. The van der Waals surface area contributed by atoms with Gasteiger partial charge < -0.3 is 29.5 Å². The molecule has 1 aliphatic heterocycles. The van der Waals surface area contributed by atoms with Gasteiger partial charge in [0.25, 0.3) is 0 Å². The van der Waals surface area contributed by atoms with Crippen LogP contribution in [-0.2, 0) is 4.79 Å². The number of pyridine rings is 1. The summed E-state index contributed by atoms with van der Waals surface area (Å²) >= 11 is 12.7. The van der Waals surface area contributed by atoms with E-state index >= 15 is 0 Å². The number of rotatable bonds is 11. The van der Waals surface area contributed by atoms with Gasteiger partial charge in [-0.15, -0.1) is 0 Å². The standard InChI is InChI=1S/C30H36Cl2N6O3/c1-5-36-10-12-37(13-11-36)8-6-7-9-38(20(2)39)27-16-25-22(14-29(27)41-4)30(21(18-33)19-34-25)35-26-17-28(40-3)24(32)15-23(26)31/h14-17,19H,5-13H2,1-4H3,(H,34,35). The fourth-order valence-electron chi connectivity index (χ4n) is 5.10. The third-order valence-corrected chi connectivity index (χ3v) is 8.09. The first kappa shape index (κ1) is 30.7. The van der Waals surface area contributed by atoms with Gasteiger partial charge in [-0.2, -0.15) is 5.26 Å². The van der Waals surface area contributed by atoms with Crippen molar-refractivity contribution in [2.75, 3.05) is 70.2 Å². The van der Waals surface area contributed by atoms with E-state index in [1.165, 1.54) is 13.3 Å². The van der Waals surface area contributed by atoms with Crippen LogP contribution in [0.2, 0.25) is 10.0 Å². The van der Waals surface area contributed by atoms with Crippen molar-refractivity contribution in [2.45, 2.75) is 26.7 Å². The topological polar surface area (TPSA) is 94.0 Å². The lowest BCUT2D eigenvalue weighted by atomic mass is 10.1. The van der Waals surface area contributed by atoms with Crippen molar-refractivity contribution in [1.29, 1.82) is 5.26 Å². The molecule has 2 heterocycles. The van der Waals surface area contributed by atoms with Crippen LogP contribution in [0.4, 0.5) is 17.1 Å². The lowest BCUT2D eigenvalue weighted by Gasteiger charge is -2.34. The van der Waals surface area contributed by atoms with Gasteiger partial charge in [-0.1, -0.05) is 30.1 Å². The zero-order chi connectivity index (χ0) is 29.5. The van der Waals surface area contributed by atoms with Gasteiger partial charge in [0.05, 0.1) is 52.4 Å². The normalized spacial score (nSPS) is 14.1. The molecule has 41 heavy (non-hydrogen) atoms. The summed E-state index contributed by atoms with van der Waals surface area (Å²) in [6.07, 6.45) is 3.35. The number of hydrogen-bond acceptors (Lipinski definition) is 8. The van der Waals surface area contributed by atoms with E-state index < -0.39 is 0 Å². The minimum Gasteiger partial charge on any atom is -0.495 e. The van der Waals surface area contributed by atoms with Crippen LogP contribution in [0.5, 0.6) is 11.5 Å². The highest BCUT2D eigenvalue weighted by molar-refractivity contribution is 6.37. The summed E-state index contributed by atoms with van der Waals surface area (Å²) < 4.78 is 11.1. The molecule has 1 amide bonds. The number of benzene rings is 2. The van der Waals surface area contributed by atoms with Crippen LogP contribution < -0.4 is 19.7 Å². The molecule has 0 atom stereocenters. The maximum absolute atomic E-state index is 12.8. The smallest absolute Gasteiger partial charge is 0.223 e. The van der Waals surface area contributed by atoms with Crippen molar-refractivity contribution < 1.29 is 14.3 Å². The Morgan fingerprint density at radius 2 is 1.76 bits per heavy atom. The van der Waals surface area contributed by atoms with Gasteiger partial charge in [-0.3, -0.25) is 9.78 Å². The molecule has 9 nitrogen and oxygen atoms in total. The molecule has 1 N–H and O–H groups in total. The van der Waals surface area contributed by atoms with Gasteiger partial charge in [0, 0.05) is 57.3 Å². The minimum atomic E-state index is -0.0776. The Bertz CT molecular complexity index is 1440. The Morgan fingerprint density at radius 1 is 1.05 bits per heavy atom. The fourth-order valence-corrected chi connectivity index (χ4v) is 5.61. The zero-order valence-electron chi connectivity index (χ0n) is 24.0. The summed E-state index contributed by atoms with van der Waals surface area (Å²) in [4.78, 5) is 24.0. The lowest BCUT2D eigenvalue weighted by Crippen LogP contribution is -2.46. The van der Waals surface area contributed by atoms with Gasteiger partial charge in [0.15, 0.2) is 0 Å². The highest BCUT2D eigenvalue weighted by atomic mass is 35.5. The van der Waals surface area contributed by atoms with Gasteiger partial charge in [-0.05, 0) is 44.1 Å². The van der Waals surface area contributed by atoms with Crippen LogP contribution in [0.1, 0.15) is 32.3 Å². The number of nitrogens with zero attached hydrogens (tertiary/aromatic N) is 5. The number of likely N-dealkylation sites (N-methyl/N-ethyl adjacent to an activating group) is 1. The van der Waals surface area contributed by atoms with Crippen molar-refractivity contribution >= 4 is 57.1 Å². The molecule has 0 bridgehead atoms. The van der Waals surface area contributed by atoms with Crippen LogP contribution >= 0.6 is 23.2 Å². The van der Waals surface area contributed by atoms with Gasteiger partial charge >= 0.3 is 0 Å². The second-order valence-electron chi connectivity index (χ2n) is 9.95. The molecule has 1 aromatic heterocycles. The molecule has 0 radical (unpaired) electrons. The van der Waals surface area contributed by atoms with Crippen molar-refractivity contribution in [3.8, 4) is 17.6 Å². The van der Waals surface area contributed by atoms with E-state index in [0.717, 1.165) is 52.1 Å². The molecule has 11 heteroatoms. The molecule has 1 saturated heterocycles. The summed E-state index contributed by atoms with van der Waals surface area (Å²) in [5, 5.41) is 14.5. The predicted octanol–water partition coefficient (Wildman–Crippen LogP) is 5.94. The molecule has 0 unspecified atom stereocenters. The third-order valence-electron chi connectivity index (χ3n) is 7.48. The zero-order valence-corrected chi connectivity index (χ0v) is 25.5. The SMILES string of the molecule is CCN1CCN(CCCCN(C(C)=O)c2cc3ncc(C#N)c(Nc4cc(OC)c(Cl)cc4Cl)c3cc2OC)CC1. The van der Waals surface area contributed by atoms with Gasteiger partial charge in [-0.25, -0.2) is 0 Å². The number of methoxy groups -OCH3 is 2. The average molecular weight is 600 g/mol. The number of fused-ring (bicyclic) bond motifs is 1. The second-order valence-corrected chi connectivity index (χ2v) is 10.8. The summed E-state index contributed by atoms with van der Waals surface area (Å²) in [7, 11) is 3.08. The van der Waals surface area contributed by atoms with E-state index in [4.69, 9.17) is 32.7 Å². The Hall–Kier alpha value is -3.29. The highest BCUT2D eigenvalue weighted by Gasteiger charge is 2.21. The Morgan fingerprint density at radius 3 is 2.39 bits per heavy atom. The quantitative estimate of drug-likeness (QED) is 0.271. The summed E-state index contributed by atoms with van der Waals surface area (Å²) in [5.41, 5.74) is 2.57. The van der Waals surface area contributed by atoms with Crippen molar-refractivity contribution in [2.24, 2.45) is 0 Å². The number of nitrogens with one attached hydrogen (secondary N) is 1. The van der Waals surface area contributed by atoms with E-state index in [0.29, 0.717) is 61.6 Å². The molecular formula is C30H36Cl2N6O3. The average Bonchev–Trinajstić information content (AvgIpc) is 2.98. The van der Waals surface area contributed by atoms with E-state index in [1.54, 1.807) is 37.1 Å². The maximum atomic E-state index is 12.8. The summed E-state index contributed by atoms with van der Waals surface area (Å²) in [6, 6.07) is 9.07. The first-order chi connectivity index (χ1) is 19.8. The first-order valence-electron chi connectivity index (χ1n) is 13.7. The van der Waals surface area contributed by atoms with Crippen molar-refractivity contribution in [3.63, 3.8) is 0 Å². The molecule has 1 fully saturated rings. The van der Waals surface area contributed by atoms with E-state index in [9.17, 15) is 10.1 Å².